The number of carbonyl (C=O) groups excluding carboxylic acids is 2. The first-order chi connectivity index (χ1) is 20.8. The Morgan fingerprint density at radius 1 is 0.705 bits per heavy atom. The molecule has 7 nitrogen and oxygen atoms in total. The van der Waals surface area contributed by atoms with Crippen LogP contribution in [0, 0.1) is 0 Å². The molecule has 0 aliphatic rings. The van der Waals surface area contributed by atoms with Gasteiger partial charge in [-0.25, -0.2) is 4.79 Å². The van der Waals surface area contributed by atoms with Crippen LogP contribution >= 0.6 is 0 Å². The molecular formula is C37H43N3O4. The summed E-state index contributed by atoms with van der Waals surface area (Å²) in [5.41, 5.74) is 3.82. The molecule has 4 rings (SSSR count). The molecule has 7 heteroatoms. The molecule has 0 spiro atoms. The number of phenols is 1. The van der Waals surface area contributed by atoms with E-state index in [2.05, 4.69) is 10.6 Å². The van der Waals surface area contributed by atoms with Gasteiger partial charge >= 0.3 is 6.03 Å². The highest BCUT2D eigenvalue weighted by Crippen LogP contribution is 2.40. The first-order valence-corrected chi connectivity index (χ1v) is 14.8. The van der Waals surface area contributed by atoms with E-state index in [0.29, 0.717) is 46.9 Å². The molecule has 230 valence electrons. The van der Waals surface area contributed by atoms with Gasteiger partial charge in [0, 0.05) is 35.8 Å². The molecule has 0 saturated heterocycles. The minimum atomic E-state index is -0.392. The summed E-state index contributed by atoms with van der Waals surface area (Å²) in [7, 11) is 1.55. The lowest BCUT2D eigenvalue weighted by molar-refractivity contribution is 0.102. The molecule has 0 saturated carbocycles. The van der Waals surface area contributed by atoms with Gasteiger partial charge in [-0.1, -0.05) is 102 Å². The molecule has 0 fully saturated rings. The Morgan fingerprint density at radius 2 is 1.20 bits per heavy atom. The average molecular weight is 594 g/mol. The second kappa shape index (κ2) is 13.2. The number of benzene rings is 4. The molecule has 0 bridgehead atoms. The molecular weight excluding hydrogens is 550 g/mol. The number of aromatic hydroxyl groups is 1. The number of hydrogen-bond donors (Lipinski definition) is 3. The number of phenolic OH excluding ortho intramolecular Hbond substituents is 1. The highest BCUT2D eigenvalue weighted by Gasteiger charge is 2.28. The van der Waals surface area contributed by atoms with E-state index in [4.69, 9.17) is 4.74 Å². The van der Waals surface area contributed by atoms with Crippen molar-refractivity contribution < 1.29 is 19.4 Å². The van der Waals surface area contributed by atoms with E-state index in [1.807, 2.05) is 102 Å². The molecule has 3 N–H and O–H groups in total. The molecule has 0 unspecified atom stereocenters. The van der Waals surface area contributed by atoms with Crippen LogP contribution in [0.15, 0.2) is 91.0 Å². The van der Waals surface area contributed by atoms with Crippen molar-refractivity contribution in [3.63, 3.8) is 0 Å². The van der Waals surface area contributed by atoms with Gasteiger partial charge in [0.15, 0.2) is 0 Å². The SMILES string of the molecule is COc1ccc(NC(=O)N(Cc2ccccc2)Cc2ccccc2)c(NC(=O)c2cc(C(C)(C)C)c(O)c(C(C)(C)C)c2)c1. The van der Waals surface area contributed by atoms with Gasteiger partial charge in [0.05, 0.1) is 18.5 Å². The number of rotatable bonds is 8. The number of hydrogen-bond acceptors (Lipinski definition) is 4. The summed E-state index contributed by atoms with van der Waals surface area (Å²) in [5.74, 6) is 0.364. The van der Waals surface area contributed by atoms with Crippen LogP contribution < -0.4 is 15.4 Å². The smallest absolute Gasteiger partial charge is 0.322 e. The van der Waals surface area contributed by atoms with E-state index >= 15 is 0 Å². The second-order valence-corrected chi connectivity index (χ2v) is 13.0. The van der Waals surface area contributed by atoms with Crippen molar-refractivity contribution in [1.82, 2.24) is 4.90 Å². The van der Waals surface area contributed by atoms with Crippen LogP contribution in [-0.2, 0) is 23.9 Å². The summed E-state index contributed by atoms with van der Waals surface area (Å²) in [6, 6.07) is 27.9. The lowest BCUT2D eigenvalue weighted by atomic mass is 9.78. The normalized spacial score (nSPS) is 11.5. The van der Waals surface area contributed by atoms with Gasteiger partial charge in [-0.05, 0) is 46.2 Å². The zero-order valence-corrected chi connectivity index (χ0v) is 26.7. The highest BCUT2D eigenvalue weighted by molar-refractivity contribution is 6.07. The lowest BCUT2D eigenvalue weighted by Gasteiger charge is -2.28. The van der Waals surface area contributed by atoms with Crippen LogP contribution in [0.3, 0.4) is 0 Å². The van der Waals surface area contributed by atoms with Gasteiger partial charge in [-0.15, -0.1) is 0 Å². The van der Waals surface area contributed by atoms with E-state index in [9.17, 15) is 14.7 Å². The summed E-state index contributed by atoms with van der Waals surface area (Å²) < 4.78 is 5.44. The fourth-order valence-electron chi connectivity index (χ4n) is 4.97. The maximum atomic E-state index is 13.8. The molecule has 0 aliphatic heterocycles. The lowest BCUT2D eigenvalue weighted by Crippen LogP contribution is -2.34. The minimum absolute atomic E-state index is 0.202. The fraction of sp³-hybridized carbons (Fsp3) is 0.297. The summed E-state index contributed by atoms with van der Waals surface area (Å²) >= 11 is 0. The first kappa shape index (κ1) is 32.1. The molecule has 0 aliphatic carbocycles. The molecule has 0 heterocycles. The number of nitrogens with one attached hydrogen (secondary N) is 2. The quantitative estimate of drug-likeness (QED) is 0.191. The molecule has 4 aromatic carbocycles. The molecule has 3 amide bonds. The van der Waals surface area contributed by atoms with Crippen LogP contribution in [0.5, 0.6) is 11.5 Å². The Balaban J connectivity index is 1.67. The molecule has 4 aromatic rings. The van der Waals surface area contributed by atoms with Crippen LogP contribution in [-0.4, -0.2) is 29.1 Å². The maximum absolute atomic E-state index is 13.8. The number of ether oxygens (including phenoxy) is 1. The van der Waals surface area contributed by atoms with Crippen LogP contribution in [0.25, 0.3) is 0 Å². The zero-order valence-electron chi connectivity index (χ0n) is 26.7. The van der Waals surface area contributed by atoms with Crippen molar-refractivity contribution in [3.05, 3.63) is 119 Å². The third-order valence-corrected chi connectivity index (χ3v) is 7.42. The van der Waals surface area contributed by atoms with Gasteiger partial charge < -0.3 is 25.4 Å². The Morgan fingerprint density at radius 3 is 1.66 bits per heavy atom. The zero-order chi connectivity index (χ0) is 32.1. The maximum Gasteiger partial charge on any atom is 0.322 e. The summed E-state index contributed by atoms with van der Waals surface area (Å²) in [6.45, 7) is 12.8. The van der Waals surface area contributed by atoms with Crippen molar-refractivity contribution >= 4 is 23.3 Å². The number of carbonyl (C=O) groups is 2. The number of urea groups is 1. The fourth-order valence-corrected chi connectivity index (χ4v) is 4.97. The Hall–Kier alpha value is -4.78. The van der Waals surface area contributed by atoms with Crippen LogP contribution in [0.1, 0.15) is 74.2 Å². The third kappa shape index (κ3) is 7.98. The van der Waals surface area contributed by atoms with E-state index in [1.165, 1.54) is 0 Å². The van der Waals surface area contributed by atoms with Crippen molar-refractivity contribution in [3.8, 4) is 11.5 Å². The van der Waals surface area contributed by atoms with E-state index in [1.54, 1.807) is 42.3 Å². The van der Waals surface area contributed by atoms with Crippen molar-refractivity contribution in [2.45, 2.75) is 65.5 Å². The van der Waals surface area contributed by atoms with Crippen molar-refractivity contribution in [2.75, 3.05) is 17.7 Å². The topological polar surface area (TPSA) is 90.9 Å². The van der Waals surface area contributed by atoms with Gasteiger partial charge in [0.2, 0.25) is 0 Å². The number of amides is 3. The number of methoxy groups -OCH3 is 1. The third-order valence-electron chi connectivity index (χ3n) is 7.42. The largest absolute Gasteiger partial charge is 0.507 e. The first-order valence-electron chi connectivity index (χ1n) is 14.8. The summed E-state index contributed by atoms with van der Waals surface area (Å²) in [5, 5.41) is 17.1. The van der Waals surface area contributed by atoms with Gasteiger partial charge in [0.25, 0.3) is 5.91 Å². The van der Waals surface area contributed by atoms with Crippen LogP contribution in [0.4, 0.5) is 16.2 Å². The predicted molar refractivity (Wildman–Crippen MR) is 178 cm³/mol. The minimum Gasteiger partial charge on any atom is -0.507 e. The van der Waals surface area contributed by atoms with Gasteiger partial charge in [0.1, 0.15) is 11.5 Å². The monoisotopic (exact) mass is 593 g/mol. The molecule has 0 aromatic heterocycles. The molecule has 0 radical (unpaired) electrons. The van der Waals surface area contributed by atoms with E-state index in [0.717, 1.165) is 11.1 Å². The standard InChI is InChI=1S/C37H43N3O4/c1-36(2,3)29-20-27(21-30(33(29)41)37(4,5)6)34(42)38-32-22-28(44-7)18-19-31(32)39-35(43)40(23-25-14-10-8-11-15-25)24-26-16-12-9-13-17-26/h8-22,41H,23-24H2,1-7H3,(H,38,42)(H,39,43). The number of nitrogens with zero attached hydrogens (tertiary/aromatic N) is 1. The summed E-state index contributed by atoms with van der Waals surface area (Å²) in [6.07, 6.45) is 0. The average Bonchev–Trinajstić information content (AvgIpc) is 2.97. The van der Waals surface area contributed by atoms with Crippen molar-refractivity contribution in [1.29, 1.82) is 0 Å². The number of anilines is 2. The van der Waals surface area contributed by atoms with Gasteiger partial charge in [-0.2, -0.15) is 0 Å². The van der Waals surface area contributed by atoms with Crippen LogP contribution in [0.2, 0.25) is 0 Å². The molecule has 44 heavy (non-hydrogen) atoms. The van der Waals surface area contributed by atoms with Crippen molar-refractivity contribution in [2.24, 2.45) is 0 Å². The summed E-state index contributed by atoms with van der Waals surface area (Å²) in [4.78, 5) is 29.3. The van der Waals surface area contributed by atoms with Gasteiger partial charge in [-0.3, -0.25) is 4.79 Å². The predicted octanol–water partition coefficient (Wildman–Crippen LogP) is 8.48. The second-order valence-electron chi connectivity index (χ2n) is 13.0. The molecule has 0 atom stereocenters. The Labute approximate surface area is 260 Å². The van der Waals surface area contributed by atoms with E-state index < -0.39 is 10.8 Å². The Kier molecular flexibility index (Phi) is 9.68. The van der Waals surface area contributed by atoms with E-state index in [-0.39, 0.29) is 17.7 Å². The Bertz CT molecular complexity index is 1530. The highest BCUT2D eigenvalue weighted by atomic mass is 16.5.